The molecule has 0 radical (unpaired) electrons. The summed E-state index contributed by atoms with van der Waals surface area (Å²) in [4.78, 5) is 4.42. The number of thiazole rings is 1. The summed E-state index contributed by atoms with van der Waals surface area (Å²) in [5.74, 6) is 1.45. The van der Waals surface area contributed by atoms with Gasteiger partial charge in [0.05, 0.1) is 5.54 Å². The van der Waals surface area contributed by atoms with Crippen LogP contribution >= 0.6 is 11.3 Å². The highest BCUT2D eigenvalue weighted by Gasteiger charge is 2.28. The lowest BCUT2D eigenvalue weighted by Crippen LogP contribution is -2.42. The van der Waals surface area contributed by atoms with E-state index in [0.717, 1.165) is 19.0 Å². The van der Waals surface area contributed by atoms with Crippen LogP contribution in [-0.4, -0.2) is 18.1 Å². The van der Waals surface area contributed by atoms with Crippen molar-refractivity contribution in [2.24, 2.45) is 17.6 Å². The van der Waals surface area contributed by atoms with E-state index in [2.05, 4.69) is 24.1 Å². The molecule has 0 amide bonds. The van der Waals surface area contributed by atoms with Crippen molar-refractivity contribution in [3.8, 4) is 0 Å². The maximum Gasteiger partial charge on any atom is 0.112 e. The monoisotopic (exact) mass is 267 g/mol. The average molecular weight is 267 g/mol. The number of aromatic nitrogens is 1. The summed E-state index contributed by atoms with van der Waals surface area (Å²) in [6, 6.07) is 0. The summed E-state index contributed by atoms with van der Waals surface area (Å²) in [5.41, 5.74) is 5.87. The van der Waals surface area contributed by atoms with Gasteiger partial charge in [0, 0.05) is 11.6 Å². The van der Waals surface area contributed by atoms with Crippen molar-refractivity contribution in [3.63, 3.8) is 0 Å². The van der Waals surface area contributed by atoms with Crippen LogP contribution in [0.2, 0.25) is 0 Å². The summed E-state index contributed by atoms with van der Waals surface area (Å²) in [6.45, 7) is 6.33. The fraction of sp³-hybridized carbons (Fsp3) is 0.786. The largest absolute Gasteiger partial charge is 0.330 e. The molecule has 18 heavy (non-hydrogen) atoms. The second-order valence-electron chi connectivity index (χ2n) is 5.88. The van der Waals surface area contributed by atoms with Gasteiger partial charge in [-0.1, -0.05) is 12.8 Å². The Kier molecular flexibility index (Phi) is 4.76. The van der Waals surface area contributed by atoms with Gasteiger partial charge in [-0.15, -0.1) is 11.3 Å². The average Bonchev–Trinajstić information content (AvgIpc) is 2.91. The number of nitrogens with zero attached hydrogens (tertiary/aromatic N) is 1. The normalized spacial score (nSPS) is 25.3. The Morgan fingerprint density at radius 2 is 2.11 bits per heavy atom. The van der Waals surface area contributed by atoms with Gasteiger partial charge in [-0.2, -0.15) is 0 Å². The molecule has 1 fully saturated rings. The number of nitrogens with two attached hydrogens (primary N) is 1. The van der Waals surface area contributed by atoms with Crippen LogP contribution in [0.5, 0.6) is 0 Å². The lowest BCUT2D eigenvalue weighted by Gasteiger charge is -2.34. The van der Waals surface area contributed by atoms with E-state index >= 15 is 0 Å². The van der Waals surface area contributed by atoms with Crippen LogP contribution in [-0.2, 0) is 5.54 Å². The van der Waals surface area contributed by atoms with Crippen molar-refractivity contribution < 1.29 is 0 Å². The maximum atomic E-state index is 5.89. The first kappa shape index (κ1) is 14.0. The topological polar surface area (TPSA) is 50.9 Å². The highest BCUT2D eigenvalue weighted by Crippen LogP contribution is 2.30. The van der Waals surface area contributed by atoms with Crippen LogP contribution in [0.15, 0.2) is 11.6 Å². The molecule has 2 atom stereocenters. The van der Waals surface area contributed by atoms with Crippen LogP contribution in [0.4, 0.5) is 0 Å². The third-order valence-electron chi connectivity index (χ3n) is 4.14. The van der Waals surface area contributed by atoms with E-state index in [4.69, 9.17) is 5.73 Å². The second kappa shape index (κ2) is 6.13. The van der Waals surface area contributed by atoms with E-state index in [0.29, 0.717) is 5.92 Å². The van der Waals surface area contributed by atoms with Crippen LogP contribution < -0.4 is 11.1 Å². The molecule has 0 spiro atoms. The fourth-order valence-corrected chi connectivity index (χ4v) is 3.60. The molecular formula is C14H25N3S. The predicted octanol–water partition coefficient (Wildman–Crippen LogP) is 2.73. The van der Waals surface area contributed by atoms with Crippen molar-refractivity contribution in [2.45, 2.75) is 45.1 Å². The molecule has 1 heterocycles. The molecule has 1 aliphatic carbocycles. The molecule has 1 aliphatic rings. The van der Waals surface area contributed by atoms with Crippen LogP contribution in [0.1, 0.15) is 44.5 Å². The van der Waals surface area contributed by atoms with Crippen molar-refractivity contribution in [2.75, 3.05) is 13.1 Å². The van der Waals surface area contributed by atoms with E-state index in [1.807, 2.05) is 11.6 Å². The van der Waals surface area contributed by atoms with Crippen molar-refractivity contribution in [1.82, 2.24) is 10.3 Å². The predicted molar refractivity (Wildman–Crippen MR) is 77.6 cm³/mol. The SMILES string of the molecule is CC(C)(NCC1CCCCC1CN)c1nccs1. The molecular weight excluding hydrogens is 242 g/mol. The van der Waals surface area contributed by atoms with Gasteiger partial charge in [-0.05, 0) is 51.6 Å². The molecule has 0 saturated heterocycles. The van der Waals surface area contributed by atoms with E-state index in [9.17, 15) is 0 Å². The van der Waals surface area contributed by atoms with E-state index < -0.39 is 0 Å². The fourth-order valence-electron chi connectivity index (χ4n) is 2.86. The van der Waals surface area contributed by atoms with E-state index in [1.165, 1.54) is 30.7 Å². The Morgan fingerprint density at radius 1 is 1.39 bits per heavy atom. The van der Waals surface area contributed by atoms with Crippen molar-refractivity contribution >= 4 is 11.3 Å². The first-order valence-corrected chi connectivity index (χ1v) is 7.86. The van der Waals surface area contributed by atoms with Crippen LogP contribution in [0.25, 0.3) is 0 Å². The minimum atomic E-state index is -0.0231. The minimum Gasteiger partial charge on any atom is -0.330 e. The number of hydrogen-bond acceptors (Lipinski definition) is 4. The quantitative estimate of drug-likeness (QED) is 0.862. The summed E-state index contributed by atoms with van der Waals surface area (Å²) >= 11 is 1.72. The molecule has 1 aromatic rings. The molecule has 3 N–H and O–H groups in total. The Bertz CT molecular complexity index is 348. The van der Waals surface area contributed by atoms with E-state index in [-0.39, 0.29) is 5.54 Å². The molecule has 1 saturated carbocycles. The second-order valence-corrected chi connectivity index (χ2v) is 6.78. The molecule has 2 unspecified atom stereocenters. The first-order valence-electron chi connectivity index (χ1n) is 6.98. The lowest BCUT2D eigenvalue weighted by atomic mass is 9.79. The summed E-state index contributed by atoms with van der Waals surface area (Å²) < 4.78 is 0. The Hall–Kier alpha value is -0.450. The van der Waals surface area contributed by atoms with Gasteiger partial charge < -0.3 is 11.1 Å². The lowest BCUT2D eigenvalue weighted by molar-refractivity contribution is 0.216. The molecule has 102 valence electrons. The third-order valence-corrected chi connectivity index (χ3v) is 5.24. The summed E-state index contributed by atoms with van der Waals surface area (Å²) in [7, 11) is 0. The van der Waals surface area contributed by atoms with Gasteiger partial charge in [0.1, 0.15) is 5.01 Å². The molecule has 0 aromatic carbocycles. The molecule has 4 heteroatoms. The van der Waals surface area contributed by atoms with Gasteiger partial charge in [0.2, 0.25) is 0 Å². The molecule has 1 aromatic heterocycles. The third kappa shape index (κ3) is 3.31. The molecule has 0 bridgehead atoms. The van der Waals surface area contributed by atoms with Crippen molar-refractivity contribution in [3.05, 3.63) is 16.6 Å². The number of hydrogen-bond donors (Lipinski definition) is 2. The van der Waals surface area contributed by atoms with Gasteiger partial charge in [0.25, 0.3) is 0 Å². The van der Waals surface area contributed by atoms with E-state index in [1.54, 1.807) is 11.3 Å². The van der Waals surface area contributed by atoms with Gasteiger partial charge in [0.15, 0.2) is 0 Å². The maximum absolute atomic E-state index is 5.89. The Labute approximate surface area is 114 Å². The number of nitrogens with one attached hydrogen (secondary N) is 1. The van der Waals surface area contributed by atoms with Crippen molar-refractivity contribution in [1.29, 1.82) is 0 Å². The molecule has 2 rings (SSSR count). The Morgan fingerprint density at radius 3 is 2.72 bits per heavy atom. The number of rotatable bonds is 5. The van der Waals surface area contributed by atoms with Gasteiger partial charge in [-0.3, -0.25) is 0 Å². The minimum absolute atomic E-state index is 0.0231. The van der Waals surface area contributed by atoms with Gasteiger partial charge >= 0.3 is 0 Å². The highest BCUT2D eigenvalue weighted by atomic mass is 32.1. The molecule has 0 aliphatic heterocycles. The highest BCUT2D eigenvalue weighted by molar-refractivity contribution is 7.09. The molecule has 3 nitrogen and oxygen atoms in total. The zero-order valence-electron chi connectivity index (χ0n) is 11.5. The zero-order chi connectivity index (χ0) is 13.0. The van der Waals surface area contributed by atoms with Gasteiger partial charge in [-0.25, -0.2) is 4.98 Å². The smallest absolute Gasteiger partial charge is 0.112 e. The van der Waals surface area contributed by atoms with Crippen LogP contribution in [0.3, 0.4) is 0 Å². The Balaban J connectivity index is 1.90. The summed E-state index contributed by atoms with van der Waals surface area (Å²) in [6.07, 6.45) is 7.23. The van der Waals surface area contributed by atoms with Crippen LogP contribution in [0, 0.1) is 11.8 Å². The summed E-state index contributed by atoms with van der Waals surface area (Å²) in [5, 5.41) is 6.90. The zero-order valence-corrected chi connectivity index (χ0v) is 12.3. The standard InChI is InChI=1S/C14H25N3S/c1-14(2,13-16-7-8-18-13)17-10-12-6-4-3-5-11(12)9-15/h7-8,11-12,17H,3-6,9-10,15H2,1-2H3. The first-order chi connectivity index (χ1) is 8.63.